The van der Waals surface area contributed by atoms with Gasteiger partial charge in [-0.1, -0.05) is 18.2 Å². The SMILES string of the molecule is CN=C(NCCc1ccc(OC)c(OC)c1)NCC(c1cccc(F)c1)N1CCOCC1. The topological polar surface area (TPSA) is 67.4 Å². The molecule has 32 heavy (non-hydrogen) atoms. The number of guanidine groups is 1. The summed E-state index contributed by atoms with van der Waals surface area (Å²) in [5.41, 5.74) is 2.08. The molecule has 1 fully saturated rings. The molecular weight excluding hydrogens is 411 g/mol. The molecule has 2 aromatic carbocycles. The van der Waals surface area contributed by atoms with E-state index in [0.29, 0.717) is 38.0 Å². The average molecular weight is 445 g/mol. The van der Waals surface area contributed by atoms with Crippen molar-refractivity contribution in [1.29, 1.82) is 0 Å². The Morgan fingerprint density at radius 1 is 1.09 bits per heavy atom. The molecule has 1 aliphatic heterocycles. The fraction of sp³-hybridized carbons (Fsp3) is 0.458. The summed E-state index contributed by atoms with van der Waals surface area (Å²) >= 11 is 0. The summed E-state index contributed by atoms with van der Waals surface area (Å²) in [4.78, 5) is 6.66. The molecule has 1 saturated heterocycles. The summed E-state index contributed by atoms with van der Waals surface area (Å²) in [6.45, 7) is 4.31. The summed E-state index contributed by atoms with van der Waals surface area (Å²) in [6.07, 6.45) is 0.803. The normalized spacial score (nSPS) is 15.8. The minimum atomic E-state index is -0.224. The maximum atomic E-state index is 13.9. The number of nitrogens with one attached hydrogen (secondary N) is 2. The maximum Gasteiger partial charge on any atom is 0.191 e. The Labute approximate surface area is 189 Å². The van der Waals surface area contributed by atoms with Crippen LogP contribution in [0.25, 0.3) is 0 Å². The van der Waals surface area contributed by atoms with Gasteiger partial charge in [0.2, 0.25) is 0 Å². The zero-order chi connectivity index (χ0) is 22.8. The van der Waals surface area contributed by atoms with Crippen LogP contribution in [-0.4, -0.2) is 71.5 Å². The van der Waals surface area contributed by atoms with E-state index in [9.17, 15) is 4.39 Å². The second-order valence-electron chi connectivity index (χ2n) is 7.54. The third kappa shape index (κ3) is 6.58. The molecule has 1 atom stereocenters. The average Bonchev–Trinajstić information content (AvgIpc) is 2.83. The molecule has 174 valence electrons. The first-order valence-electron chi connectivity index (χ1n) is 10.9. The van der Waals surface area contributed by atoms with Crippen molar-refractivity contribution in [2.24, 2.45) is 4.99 Å². The second-order valence-corrected chi connectivity index (χ2v) is 7.54. The summed E-state index contributed by atoms with van der Waals surface area (Å²) in [5, 5.41) is 6.76. The summed E-state index contributed by atoms with van der Waals surface area (Å²) < 4.78 is 30.0. The number of aliphatic imine (C=N–C) groups is 1. The molecule has 0 bridgehead atoms. The van der Waals surface area contributed by atoms with Crippen LogP contribution in [0.1, 0.15) is 17.2 Å². The van der Waals surface area contributed by atoms with Crippen molar-refractivity contribution in [1.82, 2.24) is 15.5 Å². The Hall–Kier alpha value is -2.84. The highest BCUT2D eigenvalue weighted by molar-refractivity contribution is 5.79. The number of hydrogen-bond acceptors (Lipinski definition) is 5. The number of hydrogen-bond donors (Lipinski definition) is 2. The van der Waals surface area contributed by atoms with E-state index in [2.05, 4.69) is 20.5 Å². The molecule has 2 N–H and O–H groups in total. The zero-order valence-corrected chi connectivity index (χ0v) is 19.1. The highest BCUT2D eigenvalue weighted by Gasteiger charge is 2.23. The molecule has 3 rings (SSSR count). The molecule has 8 heteroatoms. The summed E-state index contributed by atoms with van der Waals surface area (Å²) in [5.74, 6) is 1.92. The molecule has 0 amide bonds. The van der Waals surface area contributed by atoms with Gasteiger partial charge in [0, 0.05) is 33.2 Å². The molecule has 2 aromatic rings. The third-order valence-corrected chi connectivity index (χ3v) is 5.56. The van der Waals surface area contributed by atoms with Crippen molar-refractivity contribution in [2.45, 2.75) is 12.5 Å². The molecule has 0 aliphatic carbocycles. The second kappa shape index (κ2) is 12.3. The molecule has 0 aromatic heterocycles. The van der Waals surface area contributed by atoms with Crippen LogP contribution < -0.4 is 20.1 Å². The van der Waals surface area contributed by atoms with Crippen molar-refractivity contribution in [2.75, 3.05) is 60.7 Å². The maximum absolute atomic E-state index is 13.9. The number of nitrogens with zero attached hydrogens (tertiary/aromatic N) is 2. The minimum Gasteiger partial charge on any atom is -0.493 e. The van der Waals surface area contributed by atoms with Gasteiger partial charge >= 0.3 is 0 Å². The van der Waals surface area contributed by atoms with Crippen molar-refractivity contribution in [3.63, 3.8) is 0 Å². The fourth-order valence-electron chi connectivity index (χ4n) is 3.84. The Morgan fingerprint density at radius 2 is 1.88 bits per heavy atom. The lowest BCUT2D eigenvalue weighted by Gasteiger charge is -2.35. The molecule has 1 unspecified atom stereocenters. The predicted octanol–water partition coefficient (Wildman–Crippen LogP) is 2.62. The Kier molecular flexibility index (Phi) is 9.13. The van der Waals surface area contributed by atoms with E-state index in [-0.39, 0.29) is 11.9 Å². The van der Waals surface area contributed by atoms with Crippen LogP contribution in [0.3, 0.4) is 0 Å². The smallest absolute Gasteiger partial charge is 0.191 e. The fourth-order valence-corrected chi connectivity index (χ4v) is 3.84. The molecule has 1 aliphatic rings. The van der Waals surface area contributed by atoms with Crippen LogP contribution in [-0.2, 0) is 11.2 Å². The van der Waals surface area contributed by atoms with E-state index < -0.39 is 0 Å². The third-order valence-electron chi connectivity index (χ3n) is 5.56. The van der Waals surface area contributed by atoms with Crippen LogP contribution in [0.4, 0.5) is 4.39 Å². The standard InChI is InChI=1S/C24H33FN4O3/c1-26-24(27-10-9-18-7-8-22(30-2)23(15-18)31-3)28-17-21(29-11-13-32-14-12-29)19-5-4-6-20(25)16-19/h4-8,15-16,21H,9-14,17H2,1-3H3,(H2,26,27,28). The number of morpholine rings is 1. The Bertz CT molecular complexity index is 887. The minimum absolute atomic E-state index is 0.0269. The lowest BCUT2D eigenvalue weighted by Crippen LogP contribution is -2.46. The molecule has 0 radical (unpaired) electrons. The largest absolute Gasteiger partial charge is 0.493 e. The number of methoxy groups -OCH3 is 2. The highest BCUT2D eigenvalue weighted by Crippen LogP contribution is 2.27. The van der Waals surface area contributed by atoms with Crippen molar-refractivity contribution >= 4 is 5.96 Å². The van der Waals surface area contributed by atoms with E-state index in [4.69, 9.17) is 14.2 Å². The predicted molar refractivity (Wildman–Crippen MR) is 124 cm³/mol. The van der Waals surface area contributed by atoms with Gasteiger partial charge < -0.3 is 24.8 Å². The summed E-state index contributed by atoms with van der Waals surface area (Å²) in [6, 6.07) is 12.8. The van der Waals surface area contributed by atoms with Gasteiger partial charge in [-0.3, -0.25) is 9.89 Å². The monoisotopic (exact) mass is 444 g/mol. The van der Waals surface area contributed by atoms with E-state index in [1.807, 2.05) is 24.3 Å². The van der Waals surface area contributed by atoms with Gasteiger partial charge in [0.1, 0.15) is 5.82 Å². The Balaban J connectivity index is 1.57. The lowest BCUT2D eigenvalue weighted by atomic mass is 10.0. The van der Waals surface area contributed by atoms with Crippen LogP contribution in [0.5, 0.6) is 11.5 Å². The van der Waals surface area contributed by atoms with Gasteiger partial charge in [-0.2, -0.15) is 0 Å². The van der Waals surface area contributed by atoms with Crippen molar-refractivity contribution in [3.05, 3.63) is 59.4 Å². The van der Waals surface area contributed by atoms with Crippen LogP contribution >= 0.6 is 0 Å². The van der Waals surface area contributed by atoms with Crippen molar-refractivity contribution < 1.29 is 18.6 Å². The van der Waals surface area contributed by atoms with E-state index >= 15 is 0 Å². The van der Waals surface area contributed by atoms with Crippen LogP contribution in [0.2, 0.25) is 0 Å². The summed E-state index contributed by atoms with van der Waals surface area (Å²) in [7, 11) is 5.01. The molecule has 0 spiro atoms. The van der Waals surface area contributed by atoms with Gasteiger partial charge in [0.25, 0.3) is 0 Å². The first-order chi connectivity index (χ1) is 15.6. The molecule has 1 heterocycles. The van der Waals surface area contributed by atoms with Gasteiger partial charge in [-0.25, -0.2) is 4.39 Å². The van der Waals surface area contributed by atoms with Crippen LogP contribution in [0.15, 0.2) is 47.5 Å². The molecule has 0 saturated carbocycles. The number of halogens is 1. The van der Waals surface area contributed by atoms with Gasteiger partial charge in [0.05, 0.1) is 33.5 Å². The highest BCUT2D eigenvalue weighted by atomic mass is 19.1. The Morgan fingerprint density at radius 3 is 2.56 bits per heavy atom. The first kappa shape index (κ1) is 23.8. The van der Waals surface area contributed by atoms with Gasteiger partial charge in [-0.05, 0) is 41.8 Å². The van der Waals surface area contributed by atoms with Crippen molar-refractivity contribution in [3.8, 4) is 11.5 Å². The quantitative estimate of drug-likeness (QED) is 0.458. The zero-order valence-electron chi connectivity index (χ0n) is 19.1. The van der Waals surface area contributed by atoms with E-state index in [1.165, 1.54) is 6.07 Å². The lowest BCUT2D eigenvalue weighted by molar-refractivity contribution is 0.0169. The number of rotatable bonds is 9. The van der Waals surface area contributed by atoms with E-state index in [0.717, 1.165) is 36.4 Å². The molecular formula is C24H33FN4O3. The van der Waals surface area contributed by atoms with Gasteiger partial charge in [0.15, 0.2) is 17.5 Å². The van der Waals surface area contributed by atoms with E-state index in [1.54, 1.807) is 33.4 Å². The molecule has 7 nitrogen and oxygen atoms in total. The van der Waals surface area contributed by atoms with Gasteiger partial charge in [-0.15, -0.1) is 0 Å². The van der Waals surface area contributed by atoms with Crippen LogP contribution in [0, 0.1) is 5.82 Å². The first-order valence-corrected chi connectivity index (χ1v) is 10.9. The number of ether oxygens (including phenoxy) is 3. The number of benzene rings is 2.